The van der Waals surface area contributed by atoms with Crippen LogP contribution < -0.4 is 20.1 Å². The van der Waals surface area contributed by atoms with E-state index in [1.807, 2.05) is 25.1 Å². The first kappa shape index (κ1) is 18.2. The molecule has 2 rings (SSSR count). The van der Waals surface area contributed by atoms with Crippen LogP contribution in [0.4, 0.5) is 5.69 Å². The van der Waals surface area contributed by atoms with Gasteiger partial charge in [-0.1, -0.05) is 6.07 Å². The summed E-state index contributed by atoms with van der Waals surface area (Å²) in [5.74, 6) is 0.957. The quantitative estimate of drug-likeness (QED) is 0.739. The van der Waals surface area contributed by atoms with E-state index in [-0.39, 0.29) is 17.6 Å². The van der Waals surface area contributed by atoms with Gasteiger partial charge < -0.3 is 14.8 Å². The maximum Gasteiger partial charge on any atom is 0.264 e. The van der Waals surface area contributed by atoms with E-state index < -0.39 is 0 Å². The minimum Gasteiger partial charge on any atom is -0.497 e. The third-order valence-corrected chi connectivity index (χ3v) is 3.92. The Bertz CT molecular complexity index is 735. The molecule has 0 fully saturated rings. The lowest BCUT2D eigenvalue weighted by molar-refractivity contribution is -0.121. The predicted octanol–water partition coefficient (Wildman–Crippen LogP) is 3.66. The molecule has 0 saturated heterocycles. The molecule has 0 spiro atoms. The normalized spacial score (nSPS) is 9.96. The van der Waals surface area contributed by atoms with Crippen molar-refractivity contribution < 1.29 is 14.3 Å². The van der Waals surface area contributed by atoms with E-state index in [0.29, 0.717) is 5.75 Å². The number of halogens is 1. The summed E-state index contributed by atoms with van der Waals surface area (Å²) < 4.78 is 11.3. The number of thiocarbonyl (C=S) groups is 1. The molecular formula is C17H17BrN2O3S. The number of anilines is 1. The van der Waals surface area contributed by atoms with Gasteiger partial charge in [-0.3, -0.25) is 10.1 Å². The third kappa shape index (κ3) is 5.50. The second-order valence-electron chi connectivity index (χ2n) is 4.95. The highest BCUT2D eigenvalue weighted by Crippen LogP contribution is 2.23. The Hall–Kier alpha value is -2.12. The molecule has 0 atom stereocenters. The van der Waals surface area contributed by atoms with Gasteiger partial charge in [0.25, 0.3) is 5.91 Å². The summed E-state index contributed by atoms with van der Waals surface area (Å²) in [6, 6.07) is 12.8. The van der Waals surface area contributed by atoms with Gasteiger partial charge in [-0.2, -0.15) is 0 Å². The number of carbonyl (C=O) groups is 1. The Kier molecular flexibility index (Phi) is 6.57. The molecule has 24 heavy (non-hydrogen) atoms. The number of amides is 1. The molecule has 126 valence electrons. The molecule has 7 heteroatoms. The Labute approximate surface area is 154 Å². The van der Waals surface area contributed by atoms with Crippen LogP contribution in [0.5, 0.6) is 11.5 Å². The van der Waals surface area contributed by atoms with Gasteiger partial charge in [0.05, 0.1) is 12.8 Å². The van der Waals surface area contributed by atoms with Gasteiger partial charge in [0.15, 0.2) is 11.7 Å². The zero-order chi connectivity index (χ0) is 17.5. The van der Waals surface area contributed by atoms with E-state index in [2.05, 4.69) is 26.6 Å². The van der Waals surface area contributed by atoms with Gasteiger partial charge >= 0.3 is 0 Å². The Morgan fingerprint density at radius 1 is 1.17 bits per heavy atom. The molecular weight excluding hydrogens is 392 g/mol. The minimum absolute atomic E-state index is 0.136. The minimum atomic E-state index is -0.341. The topological polar surface area (TPSA) is 59.6 Å². The molecule has 0 aliphatic rings. The summed E-state index contributed by atoms with van der Waals surface area (Å²) in [5, 5.41) is 5.75. The average Bonchev–Trinajstić information content (AvgIpc) is 2.56. The molecule has 1 amide bonds. The Morgan fingerprint density at radius 3 is 2.46 bits per heavy atom. The molecule has 0 saturated carbocycles. The van der Waals surface area contributed by atoms with Crippen LogP contribution in [0.25, 0.3) is 0 Å². The maximum absolute atomic E-state index is 11.9. The fourth-order valence-electron chi connectivity index (χ4n) is 1.86. The van der Waals surface area contributed by atoms with Crippen molar-refractivity contribution in [1.29, 1.82) is 0 Å². The summed E-state index contributed by atoms with van der Waals surface area (Å²) in [5.41, 5.74) is 1.90. The van der Waals surface area contributed by atoms with Crippen molar-refractivity contribution >= 4 is 44.9 Å². The summed E-state index contributed by atoms with van der Waals surface area (Å²) in [6.45, 7) is 1.86. The lowest BCUT2D eigenvalue weighted by atomic mass is 10.2. The fourth-order valence-corrected chi connectivity index (χ4v) is 2.67. The number of hydrogen-bond donors (Lipinski definition) is 2. The zero-order valence-electron chi connectivity index (χ0n) is 13.3. The van der Waals surface area contributed by atoms with Crippen molar-refractivity contribution in [3.8, 4) is 11.5 Å². The molecule has 0 aliphatic carbocycles. The molecule has 2 N–H and O–H groups in total. The van der Waals surface area contributed by atoms with E-state index >= 15 is 0 Å². The molecule has 0 radical (unpaired) electrons. The number of benzene rings is 2. The zero-order valence-corrected chi connectivity index (χ0v) is 15.7. The van der Waals surface area contributed by atoms with Crippen LogP contribution in [-0.2, 0) is 4.79 Å². The Morgan fingerprint density at radius 2 is 1.83 bits per heavy atom. The van der Waals surface area contributed by atoms with Crippen molar-refractivity contribution in [2.45, 2.75) is 6.92 Å². The lowest BCUT2D eigenvalue weighted by Gasteiger charge is -2.12. The van der Waals surface area contributed by atoms with E-state index in [0.717, 1.165) is 21.5 Å². The maximum atomic E-state index is 11.9. The van der Waals surface area contributed by atoms with Crippen molar-refractivity contribution in [1.82, 2.24) is 5.32 Å². The first-order valence-electron chi connectivity index (χ1n) is 7.12. The molecule has 0 aliphatic heterocycles. The van der Waals surface area contributed by atoms with Crippen LogP contribution in [0.2, 0.25) is 0 Å². The molecule has 0 unspecified atom stereocenters. The third-order valence-electron chi connectivity index (χ3n) is 3.06. The van der Waals surface area contributed by atoms with Gasteiger partial charge in [-0.25, -0.2) is 0 Å². The van der Waals surface area contributed by atoms with Gasteiger partial charge in [0.2, 0.25) is 0 Å². The van der Waals surface area contributed by atoms with Crippen molar-refractivity contribution in [3.05, 3.63) is 52.5 Å². The van der Waals surface area contributed by atoms with Crippen LogP contribution in [-0.4, -0.2) is 24.7 Å². The second-order valence-corrected chi connectivity index (χ2v) is 6.21. The smallest absolute Gasteiger partial charge is 0.264 e. The molecule has 2 aromatic carbocycles. The van der Waals surface area contributed by atoms with Crippen LogP contribution in [0.1, 0.15) is 5.56 Å². The first-order valence-corrected chi connectivity index (χ1v) is 8.32. The fraction of sp³-hybridized carbons (Fsp3) is 0.176. The summed E-state index contributed by atoms with van der Waals surface area (Å²) in [6.07, 6.45) is 0. The molecule has 0 bridgehead atoms. The Balaban J connectivity index is 1.81. The number of carbonyl (C=O) groups excluding carboxylic acids is 1. The number of ether oxygens (including phenoxy) is 2. The monoisotopic (exact) mass is 408 g/mol. The van der Waals surface area contributed by atoms with E-state index in [1.165, 1.54) is 0 Å². The van der Waals surface area contributed by atoms with Gasteiger partial charge in [0, 0.05) is 4.47 Å². The number of methoxy groups -OCH3 is 1. The highest BCUT2D eigenvalue weighted by Gasteiger charge is 2.08. The van der Waals surface area contributed by atoms with Gasteiger partial charge in [0.1, 0.15) is 11.5 Å². The van der Waals surface area contributed by atoms with E-state index in [1.54, 1.807) is 31.4 Å². The highest BCUT2D eigenvalue weighted by molar-refractivity contribution is 9.10. The number of rotatable bonds is 5. The first-order chi connectivity index (χ1) is 11.5. The molecule has 0 heterocycles. The lowest BCUT2D eigenvalue weighted by Crippen LogP contribution is -2.37. The SMILES string of the molecule is COc1ccc(OCC(=O)NC(=S)Nc2ccc(C)cc2Br)cc1. The summed E-state index contributed by atoms with van der Waals surface area (Å²) >= 11 is 8.58. The largest absolute Gasteiger partial charge is 0.497 e. The highest BCUT2D eigenvalue weighted by atomic mass is 79.9. The second kappa shape index (κ2) is 8.65. The van der Waals surface area contributed by atoms with Gasteiger partial charge in [-0.15, -0.1) is 0 Å². The van der Waals surface area contributed by atoms with Crippen LogP contribution >= 0.6 is 28.1 Å². The van der Waals surface area contributed by atoms with E-state index in [4.69, 9.17) is 21.7 Å². The molecule has 0 aromatic heterocycles. The van der Waals surface area contributed by atoms with Crippen molar-refractivity contribution in [2.75, 3.05) is 19.0 Å². The number of aryl methyl sites for hydroxylation is 1. The summed E-state index contributed by atoms with van der Waals surface area (Å²) in [4.78, 5) is 11.9. The summed E-state index contributed by atoms with van der Waals surface area (Å²) in [7, 11) is 1.59. The van der Waals surface area contributed by atoms with Crippen molar-refractivity contribution in [2.24, 2.45) is 0 Å². The average molecular weight is 409 g/mol. The van der Waals surface area contributed by atoms with E-state index in [9.17, 15) is 4.79 Å². The molecule has 2 aromatic rings. The van der Waals surface area contributed by atoms with Crippen LogP contribution in [0.3, 0.4) is 0 Å². The van der Waals surface area contributed by atoms with Crippen LogP contribution in [0, 0.1) is 6.92 Å². The number of nitrogens with one attached hydrogen (secondary N) is 2. The standard InChI is InChI=1S/C17H17BrN2O3S/c1-11-3-8-15(14(18)9-11)19-17(24)20-16(21)10-23-13-6-4-12(22-2)5-7-13/h3-9H,10H2,1-2H3,(H2,19,20,21,24). The van der Waals surface area contributed by atoms with Crippen molar-refractivity contribution in [3.63, 3.8) is 0 Å². The number of hydrogen-bond acceptors (Lipinski definition) is 4. The predicted molar refractivity (Wildman–Crippen MR) is 102 cm³/mol. The van der Waals surface area contributed by atoms with Gasteiger partial charge in [-0.05, 0) is 77.0 Å². The molecule has 5 nitrogen and oxygen atoms in total. The van der Waals surface area contributed by atoms with Crippen LogP contribution in [0.15, 0.2) is 46.9 Å².